The Bertz CT molecular complexity index is 976. The van der Waals surface area contributed by atoms with Crippen molar-refractivity contribution in [3.05, 3.63) is 52.1 Å². The number of benzene rings is 1. The van der Waals surface area contributed by atoms with E-state index in [-0.39, 0.29) is 27.4 Å². The molecule has 31 heavy (non-hydrogen) atoms. The zero-order valence-corrected chi connectivity index (χ0v) is 21.8. The average molecular weight is 423 g/mol. The predicted octanol–water partition coefficient (Wildman–Crippen LogP) is 7.48. The second kappa shape index (κ2) is 6.83. The van der Waals surface area contributed by atoms with Gasteiger partial charge in [0.25, 0.3) is 0 Å². The highest BCUT2D eigenvalue weighted by molar-refractivity contribution is 6.07. The Labute approximate surface area is 190 Å². The molecule has 170 valence electrons. The molecular formula is C29H42O2. The molecule has 0 saturated heterocycles. The summed E-state index contributed by atoms with van der Waals surface area (Å²) in [7, 11) is 0. The maximum absolute atomic E-state index is 13.9. The summed E-state index contributed by atoms with van der Waals surface area (Å²) in [4.78, 5) is 13.9. The van der Waals surface area contributed by atoms with E-state index in [9.17, 15) is 4.79 Å². The first kappa shape index (κ1) is 23.8. The molecule has 0 bridgehead atoms. The summed E-state index contributed by atoms with van der Waals surface area (Å²) in [6.45, 7) is 26.4. The van der Waals surface area contributed by atoms with Gasteiger partial charge in [0.05, 0.1) is 0 Å². The van der Waals surface area contributed by atoms with Gasteiger partial charge in [0.2, 0.25) is 5.78 Å². The van der Waals surface area contributed by atoms with Crippen LogP contribution < -0.4 is 4.74 Å². The van der Waals surface area contributed by atoms with Gasteiger partial charge in [0, 0.05) is 17.6 Å². The topological polar surface area (TPSA) is 26.3 Å². The van der Waals surface area contributed by atoms with E-state index in [0.717, 1.165) is 16.9 Å². The van der Waals surface area contributed by atoms with Crippen molar-refractivity contribution in [2.24, 2.45) is 10.8 Å². The lowest BCUT2D eigenvalue weighted by atomic mass is 9.69. The van der Waals surface area contributed by atoms with Gasteiger partial charge < -0.3 is 4.74 Å². The molecule has 2 nitrogen and oxygen atoms in total. The Morgan fingerprint density at radius 3 is 1.81 bits per heavy atom. The van der Waals surface area contributed by atoms with Crippen molar-refractivity contribution in [1.29, 1.82) is 0 Å². The fourth-order valence-corrected chi connectivity index (χ4v) is 4.44. The third kappa shape index (κ3) is 4.28. The van der Waals surface area contributed by atoms with Gasteiger partial charge >= 0.3 is 0 Å². The summed E-state index contributed by atoms with van der Waals surface area (Å²) in [6.07, 6.45) is 4.83. The maximum Gasteiger partial charge on any atom is 0.207 e. The lowest BCUT2D eigenvalue weighted by Gasteiger charge is -2.37. The average Bonchev–Trinajstić information content (AvgIpc) is 2.91. The Balaban J connectivity index is 2.24. The number of carbonyl (C=O) groups excluding carboxylic acids is 1. The summed E-state index contributed by atoms with van der Waals surface area (Å²) in [6, 6.07) is 4.56. The second-order valence-corrected chi connectivity index (χ2v) is 13.7. The van der Waals surface area contributed by atoms with Gasteiger partial charge in [-0.2, -0.15) is 0 Å². The molecule has 2 heteroatoms. The molecule has 1 aliphatic heterocycles. The fraction of sp³-hybridized carbons (Fsp3) is 0.621. The number of hydrogen-bond donors (Lipinski definition) is 0. The lowest BCUT2D eigenvalue weighted by molar-refractivity contribution is -0.127. The van der Waals surface area contributed by atoms with Crippen LogP contribution in [0, 0.1) is 10.8 Å². The van der Waals surface area contributed by atoms with Crippen molar-refractivity contribution in [2.75, 3.05) is 0 Å². The number of carbonyl (C=O) groups is 1. The van der Waals surface area contributed by atoms with E-state index in [0.29, 0.717) is 6.42 Å². The molecule has 0 aromatic heterocycles. The molecule has 0 amide bonds. The number of ketones is 1. The highest BCUT2D eigenvalue weighted by atomic mass is 16.5. The second-order valence-electron chi connectivity index (χ2n) is 13.7. The van der Waals surface area contributed by atoms with Crippen molar-refractivity contribution in [1.82, 2.24) is 0 Å². The lowest BCUT2D eigenvalue weighted by Crippen LogP contribution is -2.47. The van der Waals surface area contributed by atoms with Gasteiger partial charge in [-0.05, 0) is 44.4 Å². The molecule has 1 heterocycles. The number of rotatable bonds is 0. The van der Waals surface area contributed by atoms with E-state index in [1.807, 2.05) is 0 Å². The minimum Gasteiger partial charge on any atom is -0.474 e. The number of Topliss-reactive ketones (excluding diaryl/α,β-unsaturated/α-hetero) is 1. The van der Waals surface area contributed by atoms with Crippen LogP contribution in [0.15, 0.2) is 35.4 Å². The monoisotopic (exact) mass is 422 g/mol. The van der Waals surface area contributed by atoms with Crippen LogP contribution in [0.3, 0.4) is 0 Å². The summed E-state index contributed by atoms with van der Waals surface area (Å²) >= 11 is 0. The summed E-state index contributed by atoms with van der Waals surface area (Å²) in [5.41, 5.74) is 4.40. The number of hydrogen-bond acceptors (Lipinski definition) is 2. The Morgan fingerprint density at radius 1 is 0.774 bits per heavy atom. The third-order valence-electron chi connectivity index (χ3n) is 6.57. The van der Waals surface area contributed by atoms with Crippen molar-refractivity contribution in [3.8, 4) is 5.75 Å². The van der Waals surface area contributed by atoms with Gasteiger partial charge in [-0.15, -0.1) is 0 Å². The summed E-state index contributed by atoms with van der Waals surface area (Å²) in [5, 5.41) is 0. The third-order valence-corrected chi connectivity index (χ3v) is 6.57. The van der Waals surface area contributed by atoms with Gasteiger partial charge in [0.15, 0.2) is 5.60 Å². The number of ether oxygens (including phenoxy) is 1. The Morgan fingerprint density at radius 2 is 1.35 bits per heavy atom. The van der Waals surface area contributed by atoms with Crippen molar-refractivity contribution >= 4 is 5.78 Å². The molecule has 0 radical (unpaired) electrons. The smallest absolute Gasteiger partial charge is 0.207 e. The fourth-order valence-electron chi connectivity index (χ4n) is 4.44. The number of allylic oxidation sites excluding steroid dienone is 2. The molecule has 1 aliphatic carbocycles. The van der Waals surface area contributed by atoms with Crippen LogP contribution in [0.4, 0.5) is 0 Å². The molecule has 1 aromatic rings. The quantitative estimate of drug-likeness (QED) is 0.433. The van der Waals surface area contributed by atoms with Crippen molar-refractivity contribution in [2.45, 2.75) is 106 Å². The minimum absolute atomic E-state index is 0.0320. The predicted molar refractivity (Wildman–Crippen MR) is 131 cm³/mol. The maximum atomic E-state index is 13.9. The normalized spacial score (nSPS) is 22.3. The Hall–Kier alpha value is -1.83. The first-order valence-electron chi connectivity index (χ1n) is 11.6. The highest BCUT2D eigenvalue weighted by Crippen LogP contribution is 2.50. The van der Waals surface area contributed by atoms with E-state index >= 15 is 0 Å². The molecule has 2 aliphatic rings. The standard InChI is InChI=1S/C29H42O2/c1-25(2,3)19-13-18-16-29(31-23(18)21(14-19)27(7,8)9)17-20(26(4,5)6)15-22(24(29)30)28(10,11)12/h13-15,17H,16H2,1-12H3. The van der Waals surface area contributed by atoms with E-state index in [2.05, 4.69) is 107 Å². The van der Waals surface area contributed by atoms with Crippen LogP contribution in [-0.4, -0.2) is 11.4 Å². The largest absolute Gasteiger partial charge is 0.474 e. The first-order valence-corrected chi connectivity index (χ1v) is 11.6. The minimum atomic E-state index is -0.946. The molecule has 0 fully saturated rings. The van der Waals surface area contributed by atoms with Gasteiger partial charge in [-0.3, -0.25) is 4.79 Å². The molecule has 1 spiro atoms. The SMILES string of the molecule is CC(C)(C)C1=CC2(Cc3cc(C(C)(C)C)cc(C(C)(C)C)c3O2)C(=O)C(C(C)(C)C)=C1. The van der Waals surface area contributed by atoms with E-state index in [1.54, 1.807) is 0 Å². The zero-order valence-electron chi connectivity index (χ0n) is 21.8. The van der Waals surface area contributed by atoms with Crippen molar-refractivity contribution < 1.29 is 9.53 Å². The van der Waals surface area contributed by atoms with Crippen LogP contribution in [0.25, 0.3) is 0 Å². The molecule has 3 rings (SSSR count). The van der Waals surface area contributed by atoms with Crippen molar-refractivity contribution in [3.63, 3.8) is 0 Å². The molecule has 1 unspecified atom stereocenters. The van der Waals surface area contributed by atoms with Gasteiger partial charge in [0.1, 0.15) is 5.75 Å². The summed E-state index contributed by atoms with van der Waals surface area (Å²) < 4.78 is 6.76. The van der Waals surface area contributed by atoms with E-state index in [1.165, 1.54) is 16.7 Å². The molecule has 0 N–H and O–H groups in total. The van der Waals surface area contributed by atoms with Gasteiger partial charge in [-0.25, -0.2) is 0 Å². The number of fused-ring (bicyclic) bond motifs is 1. The van der Waals surface area contributed by atoms with Gasteiger partial charge in [-0.1, -0.05) is 101 Å². The van der Waals surface area contributed by atoms with Crippen LogP contribution >= 0.6 is 0 Å². The molecular weight excluding hydrogens is 380 g/mol. The Kier molecular flexibility index (Phi) is 5.25. The molecule has 1 aromatic carbocycles. The molecule has 1 atom stereocenters. The summed E-state index contributed by atoms with van der Waals surface area (Å²) in [5.74, 6) is 1.02. The van der Waals surface area contributed by atoms with Crippen LogP contribution in [0.5, 0.6) is 5.75 Å². The zero-order chi connectivity index (χ0) is 23.8. The van der Waals surface area contributed by atoms with Crippen LogP contribution in [0.1, 0.15) is 99.8 Å². The van der Waals surface area contributed by atoms with Crippen LogP contribution in [-0.2, 0) is 22.0 Å². The highest BCUT2D eigenvalue weighted by Gasteiger charge is 2.51. The first-order chi connectivity index (χ1) is 13.8. The van der Waals surface area contributed by atoms with Crippen LogP contribution in [0.2, 0.25) is 0 Å². The molecule has 0 saturated carbocycles. The van der Waals surface area contributed by atoms with E-state index in [4.69, 9.17) is 4.74 Å². The van der Waals surface area contributed by atoms with E-state index < -0.39 is 5.60 Å².